The highest BCUT2D eigenvalue weighted by atomic mass is 32.2. The number of benzene rings is 2. The average molecular weight is 579 g/mol. The number of nitrogens with zero attached hydrogens (tertiary/aromatic N) is 3. The summed E-state index contributed by atoms with van der Waals surface area (Å²) in [6, 6.07) is 11.5. The van der Waals surface area contributed by atoms with Crippen LogP contribution >= 0.6 is 0 Å². The van der Waals surface area contributed by atoms with E-state index in [1.54, 1.807) is 0 Å². The zero-order valence-corrected chi connectivity index (χ0v) is 26.4. The van der Waals surface area contributed by atoms with Gasteiger partial charge in [0, 0.05) is 24.9 Å². The van der Waals surface area contributed by atoms with E-state index in [2.05, 4.69) is 54.4 Å². The van der Waals surface area contributed by atoms with E-state index in [0.717, 1.165) is 55.0 Å². The minimum absolute atomic E-state index is 0.0500. The second-order valence-corrected chi connectivity index (χ2v) is 12.1. The highest BCUT2D eigenvalue weighted by Gasteiger charge is 2.23. The smallest absolute Gasteiger partial charge is 0.264 e. The fourth-order valence-electron chi connectivity index (χ4n) is 3.65. The first kappa shape index (κ1) is 35.0. The molecule has 0 aliphatic heterocycles. The van der Waals surface area contributed by atoms with Crippen molar-refractivity contribution in [3.8, 4) is 11.4 Å². The number of hydrogen-bond acceptors (Lipinski definition) is 7. The molecule has 0 spiro atoms. The van der Waals surface area contributed by atoms with Crippen LogP contribution in [0.1, 0.15) is 65.5 Å². The highest BCUT2D eigenvalue weighted by molar-refractivity contribution is 7.85. The van der Waals surface area contributed by atoms with Gasteiger partial charge in [-0.3, -0.25) is 8.98 Å². The Hall–Kier alpha value is -3.02. The van der Waals surface area contributed by atoms with E-state index in [1.807, 2.05) is 50.2 Å². The predicted molar refractivity (Wildman–Crippen MR) is 161 cm³/mol. The molecule has 1 heterocycles. The van der Waals surface area contributed by atoms with Gasteiger partial charge in [0.2, 0.25) is 5.91 Å². The predicted octanol–water partition coefficient (Wildman–Crippen LogP) is 3.02. The second-order valence-electron chi connectivity index (χ2n) is 10.4. The third kappa shape index (κ3) is 11.6. The lowest BCUT2D eigenvalue weighted by Crippen LogP contribution is -3.08. The minimum Gasteiger partial charge on any atom is -0.505 e. The lowest BCUT2D eigenvalue weighted by Gasteiger charge is -2.23. The zero-order valence-electron chi connectivity index (χ0n) is 25.5. The summed E-state index contributed by atoms with van der Waals surface area (Å²) in [4.78, 5) is 15.3. The molecule has 0 saturated carbocycles. The van der Waals surface area contributed by atoms with Crippen LogP contribution in [0.15, 0.2) is 36.4 Å². The summed E-state index contributed by atoms with van der Waals surface area (Å²) >= 11 is 0. The van der Waals surface area contributed by atoms with Crippen LogP contribution in [0, 0.1) is 0 Å². The quantitative estimate of drug-likeness (QED) is 0.249. The number of aryl methyl sites for hydroxylation is 1. The number of quaternary nitrogens is 1. The standard InChI is InChI=1S/C25H35N5O2.C2H6O3S.C2H6/c1-6-29(5)15-9-14-26-23(31)13-12-18-16-19(25(2,3)4)24(32)22(17-18)30-27-20-10-7-8-11-21(20)28-30;1-5-6(2,3)4;1-2/h7-8,10-11,16-17,32H,6,9,12-15H2,1-5H3,(H,26,31);1-2H3;1-2H3/p+1. The summed E-state index contributed by atoms with van der Waals surface area (Å²) in [7, 11) is 0.120. The number of aromatic hydroxyl groups is 1. The van der Waals surface area contributed by atoms with Crippen LogP contribution in [0.3, 0.4) is 0 Å². The Labute approximate surface area is 239 Å². The molecule has 0 aliphatic carbocycles. The largest absolute Gasteiger partial charge is 0.505 e. The zero-order chi connectivity index (χ0) is 30.5. The van der Waals surface area contributed by atoms with Crippen LogP contribution in [0.4, 0.5) is 0 Å². The molecule has 3 aromatic rings. The van der Waals surface area contributed by atoms with Crippen molar-refractivity contribution in [1.29, 1.82) is 0 Å². The molecule has 3 rings (SSSR count). The van der Waals surface area contributed by atoms with Crippen molar-refractivity contribution in [2.75, 3.05) is 40.0 Å². The van der Waals surface area contributed by atoms with Gasteiger partial charge in [0.25, 0.3) is 10.1 Å². The van der Waals surface area contributed by atoms with Gasteiger partial charge in [-0.05, 0) is 42.5 Å². The van der Waals surface area contributed by atoms with Crippen molar-refractivity contribution in [3.63, 3.8) is 0 Å². The van der Waals surface area contributed by atoms with Crippen LogP contribution in [0.25, 0.3) is 16.7 Å². The van der Waals surface area contributed by atoms with Gasteiger partial charge >= 0.3 is 0 Å². The maximum atomic E-state index is 12.4. The summed E-state index contributed by atoms with van der Waals surface area (Å²) in [6.07, 6.45) is 2.95. The number of phenols is 1. The van der Waals surface area contributed by atoms with Crippen molar-refractivity contribution in [1.82, 2.24) is 20.3 Å². The summed E-state index contributed by atoms with van der Waals surface area (Å²) in [5.41, 5.74) is 3.60. The fourth-order valence-corrected chi connectivity index (χ4v) is 3.65. The third-order valence-electron chi connectivity index (χ3n) is 6.11. The van der Waals surface area contributed by atoms with Crippen molar-refractivity contribution in [3.05, 3.63) is 47.5 Å². The minimum atomic E-state index is -3.16. The Bertz CT molecular complexity index is 1280. The number of carbonyl (C=O) groups is 1. The Morgan fingerprint density at radius 3 is 2.15 bits per heavy atom. The number of nitrogens with one attached hydrogen (secondary N) is 2. The van der Waals surface area contributed by atoms with Crippen molar-refractivity contribution < 1.29 is 27.4 Å². The maximum absolute atomic E-state index is 12.4. The van der Waals surface area contributed by atoms with E-state index in [-0.39, 0.29) is 17.1 Å². The molecule has 0 fully saturated rings. The molecule has 0 bridgehead atoms. The summed E-state index contributed by atoms with van der Waals surface area (Å²) < 4.78 is 23.5. The van der Waals surface area contributed by atoms with Gasteiger partial charge in [-0.25, -0.2) is 0 Å². The topological polar surface area (TPSA) is 128 Å². The molecule has 1 atom stereocenters. The molecule has 11 heteroatoms. The normalized spacial score (nSPS) is 12.1. The molecule has 0 radical (unpaired) electrons. The number of hydrogen-bond donors (Lipinski definition) is 3. The Kier molecular flexibility index (Phi) is 14.3. The maximum Gasteiger partial charge on any atom is 0.264 e. The molecule has 1 unspecified atom stereocenters. The average Bonchev–Trinajstić information content (AvgIpc) is 3.35. The van der Waals surface area contributed by atoms with Crippen molar-refractivity contribution in [2.24, 2.45) is 0 Å². The lowest BCUT2D eigenvalue weighted by molar-refractivity contribution is -0.877. The molecule has 0 aliphatic rings. The molecule has 224 valence electrons. The Balaban J connectivity index is 0.000000885. The number of rotatable bonds is 10. The fraction of sp³-hybridized carbons (Fsp3) is 0.552. The number of amides is 1. The molecule has 1 amide bonds. The van der Waals surface area contributed by atoms with Crippen LogP contribution in [-0.2, 0) is 30.9 Å². The monoisotopic (exact) mass is 578 g/mol. The first-order valence-corrected chi connectivity index (χ1v) is 15.6. The van der Waals surface area contributed by atoms with E-state index in [4.69, 9.17) is 0 Å². The highest BCUT2D eigenvalue weighted by Crippen LogP contribution is 2.36. The lowest BCUT2D eigenvalue weighted by atomic mass is 9.84. The van der Waals surface area contributed by atoms with Gasteiger partial charge in [-0.2, -0.15) is 8.42 Å². The number of fused-ring (bicyclic) bond motifs is 1. The van der Waals surface area contributed by atoms with Gasteiger partial charge in [0.15, 0.2) is 0 Å². The van der Waals surface area contributed by atoms with Crippen molar-refractivity contribution >= 4 is 27.1 Å². The van der Waals surface area contributed by atoms with E-state index in [0.29, 0.717) is 25.1 Å². The molecule has 0 saturated heterocycles. The second kappa shape index (κ2) is 16.3. The summed E-state index contributed by atoms with van der Waals surface area (Å²) in [5.74, 6) is 0.225. The summed E-state index contributed by atoms with van der Waals surface area (Å²) in [6.45, 7) is 15.2. The van der Waals surface area contributed by atoms with E-state index in [1.165, 1.54) is 9.70 Å². The number of phenolic OH excluding ortho intramolecular Hbond substituents is 1. The van der Waals surface area contributed by atoms with Crippen LogP contribution in [-0.4, -0.2) is 74.5 Å². The van der Waals surface area contributed by atoms with Gasteiger partial charge in [0.05, 0.1) is 33.5 Å². The van der Waals surface area contributed by atoms with E-state index >= 15 is 0 Å². The molecule has 40 heavy (non-hydrogen) atoms. The van der Waals surface area contributed by atoms with Gasteiger partial charge in [0.1, 0.15) is 22.5 Å². The first-order valence-electron chi connectivity index (χ1n) is 13.8. The summed E-state index contributed by atoms with van der Waals surface area (Å²) in [5, 5.41) is 23.1. The molecular weight excluding hydrogens is 530 g/mol. The van der Waals surface area contributed by atoms with E-state index in [9.17, 15) is 18.3 Å². The van der Waals surface area contributed by atoms with E-state index < -0.39 is 10.1 Å². The Morgan fingerprint density at radius 2 is 1.68 bits per heavy atom. The van der Waals surface area contributed by atoms with Crippen LogP contribution in [0.2, 0.25) is 0 Å². The van der Waals surface area contributed by atoms with Gasteiger partial charge in [-0.1, -0.05) is 52.8 Å². The molecule has 2 aromatic carbocycles. The number of carbonyl (C=O) groups excluding carboxylic acids is 1. The van der Waals surface area contributed by atoms with Crippen LogP contribution < -0.4 is 10.2 Å². The number of aromatic nitrogens is 3. The van der Waals surface area contributed by atoms with Crippen LogP contribution in [0.5, 0.6) is 5.75 Å². The van der Waals surface area contributed by atoms with Crippen molar-refractivity contribution in [2.45, 2.75) is 66.2 Å². The third-order valence-corrected chi connectivity index (χ3v) is 6.71. The molecule has 1 aromatic heterocycles. The molecule has 3 N–H and O–H groups in total. The van der Waals surface area contributed by atoms with Gasteiger partial charge in [-0.15, -0.1) is 15.0 Å². The SMILES string of the molecule is CC.CC[NH+](C)CCCNC(=O)CCc1cc(-n2nc3ccccc3n2)c(O)c(C(C)(C)C)c1.COS(C)(=O)=O. The first-order chi connectivity index (χ1) is 18.7. The molecular formula is C29H48N5O5S+. The van der Waals surface area contributed by atoms with Gasteiger partial charge < -0.3 is 15.3 Å². The molecule has 10 nitrogen and oxygen atoms in total. The Morgan fingerprint density at radius 1 is 1.12 bits per heavy atom.